The first-order valence-electron chi connectivity index (χ1n) is 21.1. The van der Waals surface area contributed by atoms with Crippen LogP contribution in [0.1, 0.15) is 45.8 Å². The third-order valence-electron chi connectivity index (χ3n) is 12.5. The maximum absolute atomic E-state index is 13.7. The summed E-state index contributed by atoms with van der Waals surface area (Å²) in [4.78, 5) is 28.5. The van der Waals surface area contributed by atoms with Crippen LogP contribution in [0.3, 0.4) is 0 Å². The Morgan fingerprint density at radius 1 is 0.600 bits per heavy atom. The van der Waals surface area contributed by atoms with Crippen molar-refractivity contribution in [1.82, 2.24) is 9.55 Å². The van der Waals surface area contributed by atoms with Gasteiger partial charge in [0, 0.05) is 18.7 Å². The number of aromatic nitrogens is 2. The third kappa shape index (κ3) is 7.99. The second-order valence-corrected chi connectivity index (χ2v) is 15.8. The molecule has 7 aromatic rings. The molecule has 1 heterocycles. The molecule has 1 aliphatic carbocycles. The molecule has 6 aromatic carbocycles. The van der Waals surface area contributed by atoms with Gasteiger partial charge in [0.2, 0.25) is 0 Å². The van der Waals surface area contributed by atoms with Crippen LogP contribution in [-0.4, -0.2) is 50.7 Å². The highest BCUT2D eigenvalue weighted by molar-refractivity contribution is 5.52. The van der Waals surface area contributed by atoms with Crippen molar-refractivity contribution in [1.29, 1.82) is 5.26 Å². The van der Waals surface area contributed by atoms with E-state index in [1.807, 2.05) is 158 Å². The van der Waals surface area contributed by atoms with E-state index < -0.39 is 40.0 Å². The number of methoxy groups -OCH3 is 4. The number of rotatable bonds is 16. The van der Waals surface area contributed by atoms with E-state index in [-0.39, 0.29) is 13.0 Å². The van der Waals surface area contributed by atoms with Gasteiger partial charge in [-0.1, -0.05) is 116 Å². The molecule has 11 heteroatoms. The number of H-pyrrole nitrogens is 1. The monoisotopic (exact) mass is 867 g/mol. The number of aromatic amines is 1. The smallest absolute Gasteiger partial charge is 0.328 e. The van der Waals surface area contributed by atoms with Gasteiger partial charge in [-0.2, -0.15) is 5.26 Å². The average Bonchev–Trinajstić information content (AvgIpc) is 3.63. The van der Waals surface area contributed by atoms with Gasteiger partial charge >= 0.3 is 5.69 Å². The quantitative estimate of drug-likeness (QED) is 0.0747. The Morgan fingerprint density at radius 3 is 1.37 bits per heavy atom. The van der Waals surface area contributed by atoms with Gasteiger partial charge in [0.05, 0.1) is 53.3 Å². The highest BCUT2D eigenvalue weighted by Crippen LogP contribution is 2.55. The molecule has 1 fully saturated rings. The number of benzene rings is 6. The largest absolute Gasteiger partial charge is 0.497 e. The zero-order chi connectivity index (χ0) is 45.6. The maximum Gasteiger partial charge on any atom is 0.328 e. The first kappa shape index (κ1) is 44.0. The van der Waals surface area contributed by atoms with Gasteiger partial charge in [-0.15, -0.1) is 0 Å². The Labute approximate surface area is 377 Å². The molecule has 3 atom stereocenters. The standard InChI is InChI=1S/C54H49N3O8/c1-37-48(57-33-32-50(58)56-51(57)59)34-49(65-54(39-14-10-7-11-15-39,42-20-28-46(62-4)29-21-42)43-22-30-47(63-5)31-23-43)52(37,35-55)36-64-53(38-12-8-6-9-13-38,40-16-24-44(60-2)25-17-40)41-18-26-45(61-3)27-19-41/h6-33,48-49H,1,34,36H2,2-5H3,(H,56,58,59)/t48-,49-,52-/m0/s1. The second-order valence-electron chi connectivity index (χ2n) is 15.8. The van der Waals surface area contributed by atoms with E-state index in [0.29, 0.717) is 28.6 Å². The van der Waals surface area contributed by atoms with Crippen molar-refractivity contribution < 1.29 is 28.4 Å². The number of nitrogens with zero attached hydrogens (tertiary/aromatic N) is 2. The summed E-state index contributed by atoms with van der Waals surface area (Å²) >= 11 is 0. The first-order chi connectivity index (χ1) is 31.6. The molecule has 0 unspecified atom stereocenters. The zero-order valence-corrected chi connectivity index (χ0v) is 36.6. The molecule has 1 aromatic heterocycles. The van der Waals surface area contributed by atoms with Crippen molar-refractivity contribution in [2.24, 2.45) is 5.41 Å². The Morgan fingerprint density at radius 2 is 0.985 bits per heavy atom. The van der Waals surface area contributed by atoms with Crippen LogP contribution < -0.4 is 30.2 Å². The lowest BCUT2D eigenvalue weighted by molar-refractivity contribution is -0.108. The van der Waals surface area contributed by atoms with Gasteiger partial charge in [0.15, 0.2) is 0 Å². The normalized spacial score (nSPS) is 17.2. The molecule has 11 nitrogen and oxygen atoms in total. The summed E-state index contributed by atoms with van der Waals surface area (Å²) in [6.45, 7) is 4.35. The summed E-state index contributed by atoms with van der Waals surface area (Å²) < 4.78 is 39.1. The summed E-state index contributed by atoms with van der Waals surface area (Å²) in [6, 6.07) is 53.3. The van der Waals surface area contributed by atoms with E-state index in [2.05, 4.69) is 17.6 Å². The van der Waals surface area contributed by atoms with E-state index in [0.717, 1.165) is 33.4 Å². The lowest BCUT2D eigenvalue weighted by Gasteiger charge is -2.43. The Hall–Kier alpha value is -7.65. The zero-order valence-electron chi connectivity index (χ0n) is 36.6. The maximum atomic E-state index is 13.7. The molecule has 1 aliphatic rings. The van der Waals surface area contributed by atoms with Crippen LogP contribution >= 0.6 is 0 Å². The minimum atomic E-state index is -1.64. The minimum absolute atomic E-state index is 0.103. The molecule has 328 valence electrons. The molecule has 0 spiro atoms. The van der Waals surface area contributed by atoms with Crippen LogP contribution in [0.25, 0.3) is 0 Å². The number of hydrogen-bond donors (Lipinski definition) is 1. The molecule has 0 aliphatic heterocycles. The van der Waals surface area contributed by atoms with Crippen molar-refractivity contribution in [3.63, 3.8) is 0 Å². The summed E-state index contributed by atoms with van der Waals surface area (Å²) in [7, 11) is 6.44. The molecule has 1 N–H and O–H groups in total. The molecule has 0 bridgehead atoms. The number of nitrogens with one attached hydrogen (secondary N) is 1. The Kier molecular flexibility index (Phi) is 12.6. The minimum Gasteiger partial charge on any atom is -0.497 e. The SMILES string of the molecule is C=C1[C@@H](n2ccc(=O)[nH]c2=O)C[C@H](OC(c2ccccc2)(c2ccc(OC)cc2)c2ccc(OC)cc2)[C@@]1(C#N)COC(c1ccccc1)(c1ccc(OC)cc1)c1ccc(OC)cc1. The van der Waals surface area contributed by atoms with Gasteiger partial charge < -0.3 is 28.4 Å². The molecule has 65 heavy (non-hydrogen) atoms. The lowest BCUT2D eigenvalue weighted by atomic mass is 9.77. The second kappa shape index (κ2) is 18.6. The summed E-state index contributed by atoms with van der Waals surface area (Å²) in [6.07, 6.45) is 0.530. The molecule has 0 saturated heterocycles. The van der Waals surface area contributed by atoms with Crippen LogP contribution in [0.2, 0.25) is 0 Å². The Balaban J connectivity index is 1.37. The number of nitriles is 1. The van der Waals surface area contributed by atoms with E-state index in [9.17, 15) is 14.9 Å². The fourth-order valence-electron chi connectivity index (χ4n) is 9.05. The van der Waals surface area contributed by atoms with Gasteiger partial charge in [-0.25, -0.2) is 4.79 Å². The van der Waals surface area contributed by atoms with Crippen molar-refractivity contribution in [3.8, 4) is 29.1 Å². The fourth-order valence-corrected chi connectivity index (χ4v) is 9.05. The van der Waals surface area contributed by atoms with Gasteiger partial charge in [0.25, 0.3) is 5.56 Å². The van der Waals surface area contributed by atoms with Crippen molar-refractivity contribution in [2.45, 2.75) is 29.8 Å². The van der Waals surface area contributed by atoms with E-state index >= 15 is 0 Å². The number of hydrogen-bond acceptors (Lipinski definition) is 9. The molecule has 0 amide bonds. The topological polar surface area (TPSA) is 134 Å². The Bertz CT molecular complexity index is 2800. The molecule has 8 rings (SSSR count). The van der Waals surface area contributed by atoms with Crippen LogP contribution in [0.4, 0.5) is 0 Å². The van der Waals surface area contributed by atoms with Gasteiger partial charge in [0.1, 0.15) is 39.6 Å². The molecular formula is C54H49N3O8. The predicted octanol–water partition coefficient (Wildman–Crippen LogP) is 8.97. The average molecular weight is 868 g/mol. The van der Waals surface area contributed by atoms with Crippen LogP contribution in [0, 0.1) is 16.7 Å². The van der Waals surface area contributed by atoms with Crippen molar-refractivity contribution in [2.75, 3.05) is 35.0 Å². The van der Waals surface area contributed by atoms with Gasteiger partial charge in [-0.3, -0.25) is 14.3 Å². The van der Waals surface area contributed by atoms with Crippen LogP contribution in [0.5, 0.6) is 23.0 Å². The van der Waals surface area contributed by atoms with Crippen LogP contribution in [-0.2, 0) is 20.7 Å². The summed E-state index contributed by atoms with van der Waals surface area (Å²) in [5, 5.41) is 11.9. The lowest BCUT2D eigenvalue weighted by Crippen LogP contribution is -2.46. The predicted molar refractivity (Wildman–Crippen MR) is 248 cm³/mol. The summed E-state index contributed by atoms with van der Waals surface area (Å²) in [5.74, 6) is 2.60. The van der Waals surface area contributed by atoms with E-state index in [4.69, 9.17) is 28.4 Å². The van der Waals surface area contributed by atoms with E-state index in [1.165, 1.54) is 16.8 Å². The van der Waals surface area contributed by atoms with E-state index in [1.54, 1.807) is 28.4 Å². The first-order valence-corrected chi connectivity index (χ1v) is 21.1. The molecule has 1 saturated carbocycles. The highest BCUT2D eigenvalue weighted by Gasteiger charge is 2.58. The summed E-state index contributed by atoms with van der Waals surface area (Å²) in [5.41, 5.74) is -0.612. The molecule has 0 radical (unpaired) electrons. The van der Waals surface area contributed by atoms with Crippen molar-refractivity contribution >= 4 is 0 Å². The number of ether oxygens (including phenoxy) is 6. The fraction of sp³-hybridized carbons (Fsp3) is 0.204. The van der Waals surface area contributed by atoms with Gasteiger partial charge in [-0.05, 0) is 87.5 Å². The third-order valence-corrected chi connectivity index (χ3v) is 12.5. The highest BCUT2D eigenvalue weighted by atomic mass is 16.5. The van der Waals surface area contributed by atoms with Crippen LogP contribution in [0.15, 0.2) is 192 Å². The molecular weight excluding hydrogens is 819 g/mol. The van der Waals surface area contributed by atoms with Crippen molar-refractivity contribution in [3.05, 3.63) is 236 Å².